The molecule has 3 aromatic heterocycles. The first-order valence-electron chi connectivity index (χ1n) is 11.1. The Morgan fingerprint density at radius 1 is 1.12 bits per heavy atom. The molecular formula is C22H29N11. The van der Waals surface area contributed by atoms with Gasteiger partial charge in [-0.2, -0.15) is 4.52 Å². The lowest BCUT2D eigenvalue weighted by molar-refractivity contribution is 0.405. The molecule has 1 saturated carbocycles. The number of hydrogen-bond donors (Lipinski definition) is 4. The van der Waals surface area contributed by atoms with Crippen molar-refractivity contribution in [1.29, 1.82) is 0 Å². The highest BCUT2D eigenvalue weighted by atomic mass is 15.3. The number of aromatic nitrogens is 6. The zero-order chi connectivity index (χ0) is 22.8. The number of benzene rings is 1. The Morgan fingerprint density at radius 2 is 1.94 bits per heavy atom. The van der Waals surface area contributed by atoms with Crippen molar-refractivity contribution in [2.75, 3.05) is 48.9 Å². The number of nitrogen functional groups attached to an aromatic ring is 1. The summed E-state index contributed by atoms with van der Waals surface area (Å²) in [5, 5.41) is 23.0. The van der Waals surface area contributed by atoms with Crippen LogP contribution in [0.25, 0.3) is 11.3 Å². The normalized spacial score (nSPS) is 13.5. The molecule has 0 amide bonds. The lowest BCUT2D eigenvalue weighted by atomic mass is 10.2. The van der Waals surface area contributed by atoms with Gasteiger partial charge in [0, 0.05) is 24.3 Å². The van der Waals surface area contributed by atoms with Crippen LogP contribution in [0, 0.1) is 0 Å². The Kier molecular flexibility index (Phi) is 5.69. The smallest absolute Gasteiger partial charge is 0.179 e. The lowest BCUT2D eigenvalue weighted by Crippen LogP contribution is -2.16. The van der Waals surface area contributed by atoms with E-state index in [-0.39, 0.29) is 0 Å². The predicted octanol–water partition coefficient (Wildman–Crippen LogP) is 2.57. The average molecular weight is 448 g/mol. The zero-order valence-corrected chi connectivity index (χ0v) is 18.9. The van der Waals surface area contributed by atoms with Crippen LogP contribution in [0.3, 0.4) is 0 Å². The molecule has 0 unspecified atom stereocenters. The average Bonchev–Trinajstić information content (AvgIpc) is 3.29. The van der Waals surface area contributed by atoms with Crippen molar-refractivity contribution in [3.8, 4) is 5.69 Å². The molecule has 11 nitrogen and oxygen atoms in total. The van der Waals surface area contributed by atoms with Crippen molar-refractivity contribution in [2.45, 2.75) is 25.3 Å². The number of nitrogens with zero attached hydrogens (tertiary/aromatic N) is 7. The summed E-state index contributed by atoms with van der Waals surface area (Å²) in [6, 6.07) is 8.60. The highest BCUT2D eigenvalue weighted by Gasteiger charge is 2.23. The molecule has 11 heteroatoms. The summed E-state index contributed by atoms with van der Waals surface area (Å²) in [4.78, 5) is 6.59. The van der Waals surface area contributed by atoms with Gasteiger partial charge in [0.05, 0.1) is 23.3 Å². The molecule has 33 heavy (non-hydrogen) atoms. The molecule has 172 valence electrons. The fourth-order valence-corrected chi connectivity index (χ4v) is 3.66. The van der Waals surface area contributed by atoms with E-state index in [1.54, 1.807) is 23.4 Å². The van der Waals surface area contributed by atoms with Gasteiger partial charge < -0.3 is 26.6 Å². The maximum atomic E-state index is 6.09. The molecule has 0 spiro atoms. The van der Waals surface area contributed by atoms with Crippen LogP contribution in [-0.4, -0.2) is 67.5 Å². The van der Waals surface area contributed by atoms with Crippen molar-refractivity contribution < 1.29 is 0 Å². The number of rotatable bonds is 10. The Balaban J connectivity index is 1.42. The Labute approximate surface area is 192 Å². The molecule has 1 aliphatic carbocycles. The van der Waals surface area contributed by atoms with Crippen LogP contribution in [0.4, 0.5) is 28.7 Å². The number of fused-ring (bicyclic) bond motifs is 1. The van der Waals surface area contributed by atoms with E-state index < -0.39 is 0 Å². The molecule has 3 heterocycles. The van der Waals surface area contributed by atoms with Crippen LogP contribution >= 0.6 is 0 Å². The monoisotopic (exact) mass is 447 g/mol. The Morgan fingerprint density at radius 3 is 2.70 bits per heavy atom. The quantitative estimate of drug-likeness (QED) is 0.271. The van der Waals surface area contributed by atoms with Gasteiger partial charge in [0.1, 0.15) is 18.5 Å². The fraction of sp³-hybridized carbons (Fsp3) is 0.364. The van der Waals surface area contributed by atoms with Gasteiger partial charge in [0.15, 0.2) is 11.5 Å². The summed E-state index contributed by atoms with van der Waals surface area (Å²) < 4.78 is 3.55. The third kappa shape index (κ3) is 4.82. The van der Waals surface area contributed by atoms with Gasteiger partial charge in [0.25, 0.3) is 0 Å². The first-order chi connectivity index (χ1) is 16.1. The Bertz CT molecular complexity index is 1220. The van der Waals surface area contributed by atoms with Crippen molar-refractivity contribution in [1.82, 2.24) is 34.3 Å². The van der Waals surface area contributed by atoms with E-state index >= 15 is 0 Å². The predicted molar refractivity (Wildman–Crippen MR) is 130 cm³/mol. The lowest BCUT2D eigenvalue weighted by Gasteiger charge is -2.16. The SMILES string of the molecule is CN(C)CCCNc1ccc(Nc2cc(NC3CC3)c3ncc(N)n3n2)cc1-n1cnnc1. The molecular weight excluding hydrogens is 418 g/mol. The third-order valence-corrected chi connectivity index (χ3v) is 5.50. The third-order valence-electron chi connectivity index (χ3n) is 5.50. The van der Waals surface area contributed by atoms with Crippen LogP contribution in [-0.2, 0) is 0 Å². The second-order valence-electron chi connectivity index (χ2n) is 8.59. The number of imidazole rings is 1. The highest BCUT2D eigenvalue weighted by Crippen LogP contribution is 2.31. The van der Waals surface area contributed by atoms with Crippen LogP contribution in [0.2, 0.25) is 0 Å². The maximum absolute atomic E-state index is 6.09. The molecule has 1 fully saturated rings. The van der Waals surface area contributed by atoms with Crippen LogP contribution in [0.15, 0.2) is 43.1 Å². The second kappa shape index (κ2) is 8.94. The summed E-state index contributed by atoms with van der Waals surface area (Å²) >= 11 is 0. The van der Waals surface area contributed by atoms with E-state index in [4.69, 9.17) is 5.73 Å². The molecule has 4 aromatic rings. The summed E-state index contributed by atoms with van der Waals surface area (Å²) in [5.74, 6) is 1.17. The maximum Gasteiger partial charge on any atom is 0.179 e. The summed E-state index contributed by atoms with van der Waals surface area (Å²) in [5.41, 5.74) is 10.6. The van der Waals surface area contributed by atoms with Crippen LogP contribution < -0.4 is 21.7 Å². The van der Waals surface area contributed by atoms with E-state index in [0.717, 1.165) is 47.9 Å². The molecule has 0 bridgehead atoms. The standard InChI is InChI=1S/C22H29N11/c1-31(2)9-3-8-24-17-7-6-16(10-19(17)32-13-26-27-14-32)29-21-11-18(28-15-4-5-15)22-25-12-20(23)33(22)30-21/h6-7,10-15,24,28H,3-5,8-9,23H2,1-2H3,(H,29,30). The van der Waals surface area contributed by atoms with E-state index in [2.05, 4.69) is 67.4 Å². The number of nitrogens with two attached hydrogens (primary N) is 1. The van der Waals surface area contributed by atoms with Crippen molar-refractivity contribution in [2.24, 2.45) is 0 Å². The summed E-state index contributed by atoms with van der Waals surface area (Å²) in [7, 11) is 4.16. The van der Waals surface area contributed by atoms with E-state index in [9.17, 15) is 0 Å². The molecule has 0 aliphatic heterocycles. The van der Waals surface area contributed by atoms with Gasteiger partial charge in [0.2, 0.25) is 0 Å². The first kappa shape index (κ1) is 21.0. The molecule has 1 aromatic carbocycles. The van der Waals surface area contributed by atoms with E-state index in [0.29, 0.717) is 17.7 Å². The van der Waals surface area contributed by atoms with Gasteiger partial charge in [-0.25, -0.2) is 4.98 Å². The molecule has 1 aliphatic rings. The number of anilines is 5. The number of nitrogens with one attached hydrogen (secondary N) is 3. The fourth-order valence-electron chi connectivity index (χ4n) is 3.66. The van der Waals surface area contributed by atoms with Gasteiger partial charge in [-0.15, -0.1) is 15.3 Å². The Hall–Kier alpha value is -3.86. The molecule has 5 rings (SSSR count). The molecule has 5 N–H and O–H groups in total. The topological polar surface area (TPSA) is 126 Å². The number of hydrogen-bond acceptors (Lipinski definition) is 9. The van der Waals surface area contributed by atoms with Gasteiger partial charge in [-0.05, 0) is 58.1 Å². The summed E-state index contributed by atoms with van der Waals surface area (Å²) in [6.07, 6.45) is 8.39. The largest absolute Gasteiger partial charge is 0.383 e. The minimum Gasteiger partial charge on any atom is -0.383 e. The highest BCUT2D eigenvalue weighted by molar-refractivity contribution is 5.76. The minimum atomic E-state index is 0.486. The van der Waals surface area contributed by atoms with Crippen molar-refractivity contribution in [3.05, 3.63) is 43.1 Å². The second-order valence-corrected chi connectivity index (χ2v) is 8.59. The van der Waals surface area contributed by atoms with Crippen LogP contribution in [0.1, 0.15) is 19.3 Å². The van der Waals surface area contributed by atoms with Crippen molar-refractivity contribution >= 4 is 34.3 Å². The molecule has 0 atom stereocenters. The molecule has 0 saturated heterocycles. The summed E-state index contributed by atoms with van der Waals surface area (Å²) in [6.45, 7) is 1.89. The molecule has 0 radical (unpaired) electrons. The van der Waals surface area contributed by atoms with Gasteiger partial charge in [-0.1, -0.05) is 0 Å². The van der Waals surface area contributed by atoms with E-state index in [1.807, 2.05) is 16.7 Å². The van der Waals surface area contributed by atoms with E-state index in [1.165, 1.54) is 12.8 Å². The van der Waals surface area contributed by atoms with Gasteiger partial charge >= 0.3 is 0 Å². The minimum absolute atomic E-state index is 0.486. The zero-order valence-electron chi connectivity index (χ0n) is 18.9. The van der Waals surface area contributed by atoms with Crippen molar-refractivity contribution in [3.63, 3.8) is 0 Å². The van der Waals surface area contributed by atoms with Gasteiger partial charge in [-0.3, -0.25) is 4.57 Å². The van der Waals surface area contributed by atoms with Crippen LogP contribution in [0.5, 0.6) is 0 Å². The first-order valence-corrected chi connectivity index (χ1v) is 11.1.